The van der Waals surface area contributed by atoms with E-state index in [1.807, 2.05) is 0 Å². The van der Waals surface area contributed by atoms with Gasteiger partial charge in [0, 0.05) is 17.6 Å². The van der Waals surface area contributed by atoms with Crippen molar-refractivity contribution in [2.45, 2.75) is 66.2 Å². The molecule has 0 amide bonds. The molecule has 1 aromatic carbocycles. The zero-order chi connectivity index (χ0) is 15.6. The molecule has 2 nitrogen and oxygen atoms in total. The molecule has 1 N–H and O–H groups in total. The number of rotatable bonds is 4. The topological polar surface area (TPSA) is 15.3 Å². The molecule has 0 saturated heterocycles. The molecule has 1 aromatic rings. The summed E-state index contributed by atoms with van der Waals surface area (Å²) in [7, 11) is 0. The first kappa shape index (κ1) is 15.9. The van der Waals surface area contributed by atoms with Gasteiger partial charge in [0.25, 0.3) is 0 Å². The molecule has 0 saturated carbocycles. The summed E-state index contributed by atoms with van der Waals surface area (Å²) in [5.41, 5.74) is 7.10. The highest BCUT2D eigenvalue weighted by molar-refractivity contribution is 5.63. The summed E-state index contributed by atoms with van der Waals surface area (Å²) in [6.07, 6.45) is 5.96. The van der Waals surface area contributed by atoms with Crippen molar-refractivity contribution < 1.29 is 0 Å². The number of aryl methyl sites for hydroxylation is 2. The summed E-state index contributed by atoms with van der Waals surface area (Å²) in [6.45, 7) is 14.4. The van der Waals surface area contributed by atoms with Gasteiger partial charge in [-0.3, -0.25) is 0 Å². The van der Waals surface area contributed by atoms with Gasteiger partial charge in [-0.2, -0.15) is 0 Å². The fourth-order valence-electron chi connectivity index (χ4n) is 2.97. The van der Waals surface area contributed by atoms with E-state index in [1.165, 1.54) is 40.9 Å². The van der Waals surface area contributed by atoms with Crippen molar-refractivity contribution in [3.05, 3.63) is 40.7 Å². The van der Waals surface area contributed by atoms with E-state index in [0.717, 1.165) is 13.1 Å². The minimum absolute atomic E-state index is 0.208. The molecule has 0 aliphatic carbocycles. The van der Waals surface area contributed by atoms with Crippen LogP contribution in [0.3, 0.4) is 0 Å². The number of anilines is 1. The molecule has 0 aromatic heterocycles. The molecule has 0 bridgehead atoms. The van der Waals surface area contributed by atoms with Crippen molar-refractivity contribution in [3.63, 3.8) is 0 Å². The van der Waals surface area contributed by atoms with Crippen molar-refractivity contribution in [2.24, 2.45) is 0 Å². The normalized spacial score (nSPS) is 15.1. The van der Waals surface area contributed by atoms with Gasteiger partial charge in [0.2, 0.25) is 0 Å². The lowest BCUT2D eigenvalue weighted by Crippen LogP contribution is -2.23. The van der Waals surface area contributed by atoms with Crippen LogP contribution in [0.25, 0.3) is 0 Å². The molecule has 2 heteroatoms. The van der Waals surface area contributed by atoms with Gasteiger partial charge in [-0.1, -0.05) is 46.2 Å². The number of hydrogen-bond donors (Lipinski definition) is 1. The highest BCUT2D eigenvalue weighted by Crippen LogP contribution is 2.33. The Bertz CT molecular complexity index is 512. The van der Waals surface area contributed by atoms with E-state index in [2.05, 4.69) is 70.1 Å². The third-order valence-electron chi connectivity index (χ3n) is 4.23. The van der Waals surface area contributed by atoms with Gasteiger partial charge in [-0.25, -0.2) is 0 Å². The summed E-state index contributed by atoms with van der Waals surface area (Å²) < 4.78 is 0. The van der Waals surface area contributed by atoms with E-state index >= 15 is 0 Å². The molecule has 0 spiro atoms. The fraction of sp³-hybridized carbons (Fsp3) is 0.579. The second-order valence-electron chi connectivity index (χ2n) is 7.27. The van der Waals surface area contributed by atoms with Crippen LogP contribution in [0, 0.1) is 13.8 Å². The smallest absolute Gasteiger partial charge is 0.0918 e. The maximum absolute atomic E-state index is 3.53. The van der Waals surface area contributed by atoms with Gasteiger partial charge in [-0.05, 0) is 48.8 Å². The Morgan fingerprint density at radius 1 is 1.14 bits per heavy atom. The largest absolute Gasteiger partial charge is 0.370 e. The minimum Gasteiger partial charge on any atom is -0.370 e. The molecule has 0 radical (unpaired) electrons. The van der Waals surface area contributed by atoms with E-state index in [4.69, 9.17) is 0 Å². The van der Waals surface area contributed by atoms with Gasteiger partial charge in [0.15, 0.2) is 0 Å². The Kier molecular flexibility index (Phi) is 4.65. The predicted octanol–water partition coefficient (Wildman–Crippen LogP) is 5.00. The number of benzene rings is 1. The molecule has 0 atom stereocenters. The van der Waals surface area contributed by atoms with Crippen LogP contribution >= 0.6 is 0 Å². The predicted molar refractivity (Wildman–Crippen MR) is 92.7 cm³/mol. The van der Waals surface area contributed by atoms with Gasteiger partial charge < -0.3 is 10.2 Å². The monoisotopic (exact) mass is 286 g/mol. The Balaban J connectivity index is 2.27. The maximum atomic E-state index is 3.53. The average Bonchev–Trinajstić information content (AvgIpc) is 2.83. The fourth-order valence-corrected chi connectivity index (χ4v) is 2.97. The van der Waals surface area contributed by atoms with Crippen LogP contribution in [0.4, 0.5) is 5.69 Å². The van der Waals surface area contributed by atoms with Crippen LogP contribution in [0.1, 0.15) is 63.6 Å². The number of hydrogen-bond acceptors (Lipinski definition) is 2. The Morgan fingerprint density at radius 2 is 1.76 bits per heavy atom. The molecular formula is C19H30N2. The Labute approximate surface area is 130 Å². The van der Waals surface area contributed by atoms with Crippen molar-refractivity contribution in [1.29, 1.82) is 0 Å². The highest BCUT2D eigenvalue weighted by atomic mass is 15.3. The summed E-state index contributed by atoms with van der Waals surface area (Å²) in [4.78, 5) is 2.36. The quantitative estimate of drug-likeness (QED) is 0.838. The first-order valence-electron chi connectivity index (χ1n) is 8.16. The lowest BCUT2D eigenvalue weighted by Gasteiger charge is -2.25. The third-order valence-corrected chi connectivity index (χ3v) is 4.23. The van der Waals surface area contributed by atoms with E-state index in [9.17, 15) is 0 Å². The van der Waals surface area contributed by atoms with Gasteiger partial charge in [-0.15, -0.1) is 0 Å². The van der Waals surface area contributed by atoms with Crippen LogP contribution in [-0.2, 0) is 5.41 Å². The van der Waals surface area contributed by atoms with E-state index in [0.29, 0.717) is 0 Å². The molecule has 0 fully saturated rings. The Hall–Kier alpha value is -1.44. The number of allylic oxidation sites excluding steroid dienone is 1. The third kappa shape index (κ3) is 3.61. The molecule has 0 unspecified atom stereocenters. The summed E-state index contributed by atoms with van der Waals surface area (Å²) in [6, 6.07) is 4.69. The van der Waals surface area contributed by atoms with E-state index in [-0.39, 0.29) is 5.41 Å². The zero-order valence-corrected chi connectivity index (χ0v) is 14.5. The maximum Gasteiger partial charge on any atom is 0.0918 e. The van der Waals surface area contributed by atoms with Crippen LogP contribution in [0.2, 0.25) is 0 Å². The first-order valence-corrected chi connectivity index (χ1v) is 8.16. The van der Waals surface area contributed by atoms with Gasteiger partial charge >= 0.3 is 0 Å². The second-order valence-corrected chi connectivity index (χ2v) is 7.27. The number of unbranched alkanes of at least 4 members (excludes halogenated alkanes) is 1. The second kappa shape index (κ2) is 6.13. The average molecular weight is 286 g/mol. The zero-order valence-electron chi connectivity index (χ0n) is 14.5. The number of nitrogens with zero attached hydrogens (tertiary/aromatic N) is 1. The highest BCUT2D eigenvalue weighted by Gasteiger charge is 2.20. The SMILES string of the molecule is CCCCC1=CN(c2c(C)cc(C(C)(C)C)cc2C)CN1. The lowest BCUT2D eigenvalue weighted by atomic mass is 9.84. The van der Waals surface area contributed by atoms with Crippen LogP contribution < -0.4 is 10.2 Å². The van der Waals surface area contributed by atoms with Gasteiger partial charge in [0.05, 0.1) is 6.67 Å². The summed E-state index contributed by atoms with van der Waals surface area (Å²) in [5, 5.41) is 3.53. The van der Waals surface area contributed by atoms with Gasteiger partial charge in [0.1, 0.15) is 0 Å². The van der Waals surface area contributed by atoms with Crippen LogP contribution in [-0.4, -0.2) is 6.67 Å². The van der Waals surface area contributed by atoms with Crippen LogP contribution in [0.5, 0.6) is 0 Å². The standard InChI is InChI=1S/C19H30N2/c1-7-8-9-17-12-21(13-20-17)18-14(2)10-16(11-15(18)3)19(4,5)6/h10-12,20H,7-9,13H2,1-6H3. The van der Waals surface area contributed by atoms with E-state index < -0.39 is 0 Å². The van der Waals surface area contributed by atoms with Crippen molar-refractivity contribution in [3.8, 4) is 0 Å². The molecule has 2 rings (SSSR count). The van der Waals surface area contributed by atoms with Crippen molar-refractivity contribution in [1.82, 2.24) is 5.32 Å². The molecule has 21 heavy (non-hydrogen) atoms. The molecular weight excluding hydrogens is 256 g/mol. The van der Waals surface area contributed by atoms with Crippen LogP contribution in [0.15, 0.2) is 24.0 Å². The Morgan fingerprint density at radius 3 is 2.29 bits per heavy atom. The summed E-state index contributed by atoms with van der Waals surface area (Å²) >= 11 is 0. The minimum atomic E-state index is 0.208. The molecule has 1 aliphatic heterocycles. The first-order chi connectivity index (χ1) is 9.82. The molecule has 1 heterocycles. The van der Waals surface area contributed by atoms with Crippen molar-refractivity contribution >= 4 is 5.69 Å². The number of nitrogens with one attached hydrogen (secondary N) is 1. The lowest BCUT2D eigenvalue weighted by molar-refractivity contribution is 0.589. The van der Waals surface area contributed by atoms with Crippen molar-refractivity contribution in [2.75, 3.05) is 11.6 Å². The van der Waals surface area contributed by atoms with E-state index in [1.54, 1.807) is 0 Å². The molecule has 1 aliphatic rings. The molecule has 116 valence electrons. The summed E-state index contributed by atoms with van der Waals surface area (Å²) in [5.74, 6) is 0.